The highest BCUT2D eigenvalue weighted by molar-refractivity contribution is 5.42. The van der Waals surface area contributed by atoms with E-state index in [1.807, 2.05) is 20.8 Å². The Hall–Kier alpha value is -1.13. The van der Waals surface area contributed by atoms with Crippen molar-refractivity contribution < 1.29 is 10.2 Å². The maximum Gasteiger partial charge on any atom is 0.129 e. The van der Waals surface area contributed by atoms with Gasteiger partial charge in [0.2, 0.25) is 0 Å². The first-order chi connectivity index (χ1) is 6.93. The van der Waals surface area contributed by atoms with E-state index in [0.717, 1.165) is 5.56 Å². The molecule has 0 fully saturated rings. The van der Waals surface area contributed by atoms with Crippen LogP contribution in [0.15, 0.2) is 12.3 Å². The summed E-state index contributed by atoms with van der Waals surface area (Å²) >= 11 is 0. The van der Waals surface area contributed by atoms with Crippen LogP contribution in [-0.4, -0.2) is 21.3 Å². The van der Waals surface area contributed by atoms with Gasteiger partial charge in [-0.1, -0.05) is 13.8 Å². The second-order valence-corrected chi connectivity index (χ2v) is 4.17. The van der Waals surface area contributed by atoms with Gasteiger partial charge in [0, 0.05) is 11.8 Å². The highest BCUT2D eigenvalue weighted by atomic mass is 16.3. The summed E-state index contributed by atoms with van der Waals surface area (Å²) in [6.07, 6.45) is -0.166. The van der Waals surface area contributed by atoms with Gasteiger partial charge in [-0.25, -0.2) is 4.98 Å². The van der Waals surface area contributed by atoms with Gasteiger partial charge >= 0.3 is 0 Å². The number of nitrogens with zero attached hydrogens (tertiary/aromatic N) is 1. The summed E-state index contributed by atoms with van der Waals surface area (Å²) in [6, 6.07) is 1.75. The summed E-state index contributed by atoms with van der Waals surface area (Å²) in [4.78, 5) is 3.95. The SMILES string of the molecule is Cc1cnc(N)c(C(O)C(O)C(C)C)c1. The lowest BCUT2D eigenvalue weighted by molar-refractivity contribution is -0.00916. The predicted molar refractivity (Wildman–Crippen MR) is 59.2 cm³/mol. The number of hydrogen-bond acceptors (Lipinski definition) is 4. The first-order valence-corrected chi connectivity index (χ1v) is 5.01. The van der Waals surface area contributed by atoms with Crippen LogP contribution in [0.1, 0.15) is 31.1 Å². The fourth-order valence-electron chi connectivity index (χ4n) is 1.39. The highest BCUT2D eigenvalue weighted by Gasteiger charge is 2.23. The molecule has 4 heteroatoms. The molecule has 1 aromatic rings. The second kappa shape index (κ2) is 4.59. The molecule has 0 bridgehead atoms. The smallest absolute Gasteiger partial charge is 0.129 e. The highest BCUT2D eigenvalue weighted by Crippen LogP contribution is 2.25. The van der Waals surface area contributed by atoms with Crippen LogP contribution in [0.25, 0.3) is 0 Å². The van der Waals surface area contributed by atoms with Crippen LogP contribution in [0.5, 0.6) is 0 Å². The van der Waals surface area contributed by atoms with E-state index >= 15 is 0 Å². The van der Waals surface area contributed by atoms with Crippen molar-refractivity contribution in [1.29, 1.82) is 0 Å². The van der Waals surface area contributed by atoms with Crippen molar-refractivity contribution in [3.63, 3.8) is 0 Å². The summed E-state index contributed by atoms with van der Waals surface area (Å²) in [6.45, 7) is 5.55. The molecule has 0 saturated carbocycles. The fraction of sp³-hybridized carbons (Fsp3) is 0.545. The lowest BCUT2D eigenvalue weighted by Crippen LogP contribution is -2.25. The molecule has 4 nitrogen and oxygen atoms in total. The third kappa shape index (κ3) is 2.67. The second-order valence-electron chi connectivity index (χ2n) is 4.17. The topological polar surface area (TPSA) is 79.4 Å². The number of pyridine rings is 1. The number of nitrogen functional groups attached to an aromatic ring is 1. The molecular formula is C11H18N2O2. The van der Waals surface area contributed by atoms with Crippen LogP contribution >= 0.6 is 0 Å². The normalized spacial score (nSPS) is 15.3. The zero-order valence-corrected chi connectivity index (χ0v) is 9.31. The van der Waals surface area contributed by atoms with Crippen molar-refractivity contribution in [3.05, 3.63) is 23.4 Å². The van der Waals surface area contributed by atoms with Gasteiger partial charge in [-0.05, 0) is 24.5 Å². The predicted octanol–water partition coefficient (Wildman–Crippen LogP) is 1.02. The number of aryl methyl sites for hydroxylation is 1. The minimum Gasteiger partial charge on any atom is -0.390 e. The molecule has 2 unspecified atom stereocenters. The zero-order chi connectivity index (χ0) is 11.6. The number of nitrogens with two attached hydrogens (primary N) is 1. The zero-order valence-electron chi connectivity index (χ0n) is 9.31. The summed E-state index contributed by atoms with van der Waals surface area (Å²) < 4.78 is 0. The molecule has 1 rings (SSSR count). The quantitative estimate of drug-likeness (QED) is 0.696. The molecule has 4 N–H and O–H groups in total. The van der Waals surface area contributed by atoms with Crippen LogP contribution in [0, 0.1) is 12.8 Å². The average Bonchev–Trinajstić information content (AvgIpc) is 2.19. The van der Waals surface area contributed by atoms with E-state index in [4.69, 9.17) is 5.73 Å². The van der Waals surface area contributed by atoms with Gasteiger partial charge in [0.25, 0.3) is 0 Å². The molecule has 2 atom stereocenters. The fourth-order valence-corrected chi connectivity index (χ4v) is 1.39. The molecule has 15 heavy (non-hydrogen) atoms. The molecule has 84 valence electrons. The van der Waals surface area contributed by atoms with Crippen molar-refractivity contribution in [2.75, 3.05) is 5.73 Å². The van der Waals surface area contributed by atoms with Gasteiger partial charge in [-0.15, -0.1) is 0 Å². The maximum absolute atomic E-state index is 9.89. The molecule has 0 aliphatic rings. The minimum atomic E-state index is -0.975. The molecule has 1 heterocycles. The first-order valence-electron chi connectivity index (χ1n) is 5.01. The van der Waals surface area contributed by atoms with Crippen molar-refractivity contribution in [1.82, 2.24) is 4.98 Å². The van der Waals surface area contributed by atoms with E-state index < -0.39 is 12.2 Å². The van der Waals surface area contributed by atoms with E-state index in [0.29, 0.717) is 5.56 Å². The molecule has 0 spiro atoms. The molecular weight excluding hydrogens is 192 g/mol. The number of anilines is 1. The number of aromatic nitrogens is 1. The summed E-state index contributed by atoms with van der Waals surface area (Å²) in [7, 11) is 0. The number of hydrogen-bond donors (Lipinski definition) is 3. The van der Waals surface area contributed by atoms with Crippen LogP contribution in [-0.2, 0) is 0 Å². The van der Waals surface area contributed by atoms with Crippen LogP contribution in [0.4, 0.5) is 5.82 Å². The van der Waals surface area contributed by atoms with Gasteiger partial charge in [0.05, 0.1) is 6.10 Å². The Morgan fingerprint density at radius 3 is 2.47 bits per heavy atom. The van der Waals surface area contributed by atoms with E-state index in [9.17, 15) is 10.2 Å². The van der Waals surface area contributed by atoms with E-state index in [-0.39, 0.29) is 11.7 Å². The maximum atomic E-state index is 9.89. The van der Waals surface area contributed by atoms with Crippen molar-refractivity contribution in [2.24, 2.45) is 5.92 Å². The monoisotopic (exact) mass is 210 g/mol. The van der Waals surface area contributed by atoms with E-state index in [1.54, 1.807) is 12.3 Å². The molecule has 0 radical (unpaired) electrons. The first kappa shape index (κ1) is 11.9. The third-order valence-electron chi connectivity index (χ3n) is 2.41. The molecule has 0 aromatic carbocycles. The number of rotatable bonds is 3. The van der Waals surface area contributed by atoms with Gasteiger partial charge in [0.1, 0.15) is 11.9 Å². The Kier molecular flexibility index (Phi) is 3.66. The molecule has 0 aliphatic carbocycles. The van der Waals surface area contributed by atoms with Crippen molar-refractivity contribution >= 4 is 5.82 Å². The Balaban J connectivity index is 2.99. The Labute approximate surface area is 89.8 Å². The van der Waals surface area contributed by atoms with E-state index in [1.165, 1.54) is 0 Å². The number of aliphatic hydroxyl groups excluding tert-OH is 2. The Bertz CT molecular complexity index is 339. The Morgan fingerprint density at radius 2 is 1.93 bits per heavy atom. The summed E-state index contributed by atoms with van der Waals surface area (Å²) in [5.41, 5.74) is 7.05. The lowest BCUT2D eigenvalue weighted by Gasteiger charge is -2.22. The van der Waals surface area contributed by atoms with Crippen molar-refractivity contribution in [2.45, 2.75) is 33.0 Å². The third-order valence-corrected chi connectivity index (χ3v) is 2.41. The lowest BCUT2D eigenvalue weighted by atomic mass is 9.96. The average molecular weight is 210 g/mol. The van der Waals surface area contributed by atoms with Gasteiger partial charge in [-0.2, -0.15) is 0 Å². The van der Waals surface area contributed by atoms with Gasteiger partial charge < -0.3 is 15.9 Å². The Morgan fingerprint density at radius 1 is 1.33 bits per heavy atom. The molecule has 0 amide bonds. The minimum absolute atomic E-state index is 0.0279. The molecule has 0 aliphatic heterocycles. The van der Waals surface area contributed by atoms with Crippen LogP contribution < -0.4 is 5.73 Å². The summed E-state index contributed by atoms with van der Waals surface area (Å²) in [5, 5.41) is 19.6. The van der Waals surface area contributed by atoms with Gasteiger partial charge in [-0.3, -0.25) is 0 Å². The molecule has 1 aromatic heterocycles. The van der Waals surface area contributed by atoms with Crippen molar-refractivity contribution in [3.8, 4) is 0 Å². The van der Waals surface area contributed by atoms with E-state index in [2.05, 4.69) is 4.98 Å². The van der Waals surface area contributed by atoms with Crippen LogP contribution in [0.3, 0.4) is 0 Å². The summed E-state index contributed by atoms with van der Waals surface area (Å²) in [5.74, 6) is 0.243. The molecule has 0 saturated heterocycles. The standard InChI is InChI=1S/C11H18N2O2/c1-6(2)9(14)10(15)8-4-7(3)5-13-11(8)12/h4-6,9-10,14-15H,1-3H3,(H2,12,13). The van der Waals surface area contributed by atoms with Crippen LogP contribution in [0.2, 0.25) is 0 Å². The van der Waals surface area contributed by atoms with Gasteiger partial charge in [0.15, 0.2) is 0 Å². The largest absolute Gasteiger partial charge is 0.390 e. The number of aliphatic hydroxyl groups is 2.